The number of hydrogen-bond acceptors (Lipinski definition) is 4. The van der Waals surface area contributed by atoms with Crippen LogP contribution in [0.15, 0.2) is 182 Å². The molecule has 12 rings (SSSR count). The van der Waals surface area contributed by atoms with E-state index in [9.17, 15) is 5.26 Å². The average molecular weight is 807 g/mol. The Morgan fingerprint density at radius 3 is 1.46 bits per heavy atom. The first-order valence-corrected chi connectivity index (χ1v) is 21.7. The van der Waals surface area contributed by atoms with E-state index < -0.39 is 5.41 Å². The van der Waals surface area contributed by atoms with E-state index in [-0.39, 0.29) is 10.8 Å². The molecular weight excluding hydrogens is 765 g/mol. The lowest BCUT2D eigenvalue weighted by molar-refractivity contribution is 0.563. The lowest BCUT2D eigenvalue weighted by Gasteiger charge is -2.46. The van der Waals surface area contributed by atoms with Gasteiger partial charge in [0.25, 0.3) is 0 Å². The average Bonchev–Trinajstić information content (AvgIpc) is 3.75. The fourth-order valence-electron chi connectivity index (χ4n) is 11.2. The molecule has 298 valence electrons. The minimum atomic E-state index is -0.598. The Bertz CT molecular complexity index is 3300. The summed E-state index contributed by atoms with van der Waals surface area (Å²) in [6.07, 6.45) is 0. The summed E-state index contributed by atoms with van der Waals surface area (Å²) in [5.74, 6) is 1.91. The summed E-state index contributed by atoms with van der Waals surface area (Å²) in [5, 5.41) is 9.78. The van der Waals surface area contributed by atoms with Crippen LogP contribution < -0.4 is 0 Å². The topological polar surface area (TPSA) is 62.5 Å². The van der Waals surface area contributed by atoms with Crippen LogP contribution in [-0.4, -0.2) is 15.0 Å². The minimum Gasteiger partial charge on any atom is -0.208 e. The van der Waals surface area contributed by atoms with Crippen molar-refractivity contribution in [2.24, 2.45) is 0 Å². The fraction of sp³-hybridized carbons (Fsp3) is 0.119. The summed E-state index contributed by atoms with van der Waals surface area (Å²) < 4.78 is 0. The van der Waals surface area contributed by atoms with Crippen molar-refractivity contribution in [3.63, 3.8) is 0 Å². The second-order valence-electron chi connectivity index (χ2n) is 18.3. The van der Waals surface area contributed by atoms with E-state index in [2.05, 4.69) is 173 Å². The molecule has 9 aromatic rings. The van der Waals surface area contributed by atoms with Crippen LogP contribution in [0.2, 0.25) is 0 Å². The molecule has 0 fully saturated rings. The lowest BCUT2D eigenvalue weighted by Crippen LogP contribution is -2.40. The highest BCUT2D eigenvalue weighted by molar-refractivity contribution is 5.97. The normalized spacial score (nSPS) is 15.0. The van der Waals surface area contributed by atoms with Gasteiger partial charge in [-0.1, -0.05) is 185 Å². The Morgan fingerprint density at radius 2 is 0.841 bits per heavy atom. The smallest absolute Gasteiger partial charge is 0.164 e. The predicted octanol–water partition coefficient (Wildman–Crippen LogP) is 13.7. The molecular formula is C59H42N4. The van der Waals surface area contributed by atoms with Crippen molar-refractivity contribution in [1.82, 2.24) is 15.0 Å². The van der Waals surface area contributed by atoms with E-state index in [1.165, 1.54) is 61.2 Å². The zero-order chi connectivity index (χ0) is 42.7. The SMILES string of the molecule is CC1(C)c2cc(C#N)ccc2-c2ccc(-c3ccc4c(c3)-c3c(-c5nc(-c6ccccc6)nc(-c6ccccc6)n5)cccc3C43c4ccccc4C(C)(C)c4ccccc43)cc21. The molecule has 0 saturated carbocycles. The highest BCUT2D eigenvalue weighted by Gasteiger charge is 2.54. The van der Waals surface area contributed by atoms with Crippen LogP contribution in [0.1, 0.15) is 77.8 Å². The van der Waals surface area contributed by atoms with Crippen LogP contribution in [0.5, 0.6) is 0 Å². The van der Waals surface area contributed by atoms with Crippen molar-refractivity contribution in [3.05, 3.63) is 232 Å². The summed E-state index contributed by atoms with van der Waals surface area (Å²) in [6.45, 7) is 9.28. The van der Waals surface area contributed by atoms with Gasteiger partial charge in [-0.2, -0.15) is 5.26 Å². The molecule has 4 heteroatoms. The van der Waals surface area contributed by atoms with Crippen LogP contribution >= 0.6 is 0 Å². The summed E-state index contributed by atoms with van der Waals surface area (Å²) in [7, 11) is 0. The molecule has 8 aromatic carbocycles. The van der Waals surface area contributed by atoms with Crippen LogP contribution in [-0.2, 0) is 16.2 Å². The number of benzene rings is 8. The van der Waals surface area contributed by atoms with Gasteiger partial charge in [-0.15, -0.1) is 0 Å². The first kappa shape index (κ1) is 37.1. The molecule has 1 spiro atoms. The van der Waals surface area contributed by atoms with Crippen molar-refractivity contribution in [1.29, 1.82) is 5.26 Å². The van der Waals surface area contributed by atoms with Gasteiger partial charge in [0.15, 0.2) is 17.5 Å². The largest absolute Gasteiger partial charge is 0.208 e. The number of hydrogen-bond donors (Lipinski definition) is 0. The maximum Gasteiger partial charge on any atom is 0.164 e. The van der Waals surface area contributed by atoms with Gasteiger partial charge in [0.2, 0.25) is 0 Å². The maximum absolute atomic E-state index is 9.78. The molecule has 1 heterocycles. The van der Waals surface area contributed by atoms with E-state index in [0.29, 0.717) is 23.0 Å². The number of aromatic nitrogens is 3. The standard InChI is InChI=1S/C59H42N4/c1-57(2)46-21-11-13-23-48(46)59(49-24-14-12-22-47(49)57)45-31-28-39(40-27-30-42-41-29-26-36(35-60)32-51(41)58(3,4)52(42)34-40)33-44(45)53-43(20-15-25-50(53)59)56-62-54(37-16-7-5-8-17-37)61-55(63-56)38-18-9-6-10-19-38/h5-34H,1-4H3. The zero-order valence-electron chi connectivity index (χ0n) is 35.6. The molecule has 3 aliphatic rings. The molecule has 0 unspecified atom stereocenters. The predicted molar refractivity (Wildman–Crippen MR) is 253 cm³/mol. The van der Waals surface area contributed by atoms with E-state index in [1.54, 1.807) is 0 Å². The van der Waals surface area contributed by atoms with E-state index >= 15 is 0 Å². The summed E-state index contributed by atoms with van der Waals surface area (Å²) in [5.41, 5.74) is 19.7. The third-order valence-electron chi connectivity index (χ3n) is 14.2. The molecule has 1 aromatic heterocycles. The highest BCUT2D eigenvalue weighted by atomic mass is 15.0. The molecule has 0 saturated heterocycles. The molecule has 63 heavy (non-hydrogen) atoms. The van der Waals surface area contributed by atoms with Crippen molar-refractivity contribution < 1.29 is 0 Å². The van der Waals surface area contributed by atoms with Gasteiger partial charge in [0.05, 0.1) is 17.0 Å². The number of nitrogens with zero attached hydrogens (tertiary/aromatic N) is 4. The third-order valence-corrected chi connectivity index (χ3v) is 14.2. The molecule has 0 bridgehead atoms. The Hall–Kier alpha value is -7.74. The Labute approximate surface area is 368 Å². The lowest BCUT2D eigenvalue weighted by atomic mass is 9.55. The number of nitriles is 1. The summed E-state index contributed by atoms with van der Waals surface area (Å²) in [4.78, 5) is 15.7. The van der Waals surface area contributed by atoms with Crippen LogP contribution in [0.25, 0.3) is 67.5 Å². The second kappa shape index (κ2) is 13.4. The second-order valence-corrected chi connectivity index (χ2v) is 18.3. The van der Waals surface area contributed by atoms with Gasteiger partial charge in [0.1, 0.15) is 0 Å². The molecule has 3 aliphatic carbocycles. The van der Waals surface area contributed by atoms with E-state index in [4.69, 9.17) is 15.0 Å². The quantitative estimate of drug-likeness (QED) is 0.178. The van der Waals surface area contributed by atoms with E-state index in [0.717, 1.165) is 33.4 Å². The summed E-state index contributed by atoms with van der Waals surface area (Å²) in [6, 6.07) is 67.8. The van der Waals surface area contributed by atoms with Crippen molar-refractivity contribution in [3.8, 4) is 73.6 Å². The van der Waals surface area contributed by atoms with Crippen LogP contribution in [0.4, 0.5) is 0 Å². The highest BCUT2D eigenvalue weighted by Crippen LogP contribution is 2.64. The van der Waals surface area contributed by atoms with Gasteiger partial charge in [-0.3, -0.25) is 0 Å². The van der Waals surface area contributed by atoms with Crippen molar-refractivity contribution in [2.75, 3.05) is 0 Å². The van der Waals surface area contributed by atoms with Gasteiger partial charge in [-0.05, 0) is 102 Å². The molecule has 0 radical (unpaired) electrons. The summed E-state index contributed by atoms with van der Waals surface area (Å²) >= 11 is 0. The maximum atomic E-state index is 9.78. The first-order chi connectivity index (χ1) is 30.7. The molecule has 0 atom stereocenters. The van der Waals surface area contributed by atoms with Gasteiger partial charge in [0, 0.05) is 27.5 Å². The van der Waals surface area contributed by atoms with Gasteiger partial charge < -0.3 is 0 Å². The first-order valence-electron chi connectivity index (χ1n) is 21.7. The minimum absolute atomic E-state index is 0.217. The van der Waals surface area contributed by atoms with Crippen LogP contribution in [0, 0.1) is 11.3 Å². The van der Waals surface area contributed by atoms with Crippen molar-refractivity contribution in [2.45, 2.75) is 43.9 Å². The number of fused-ring (bicyclic) bond motifs is 12. The molecule has 0 amide bonds. The van der Waals surface area contributed by atoms with Crippen molar-refractivity contribution >= 4 is 0 Å². The van der Waals surface area contributed by atoms with Crippen LogP contribution in [0.3, 0.4) is 0 Å². The number of rotatable bonds is 4. The Morgan fingerprint density at radius 1 is 0.349 bits per heavy atom. The monoisotopic (exact) mass is 806 g/mol. The zero-order valence-corrected chi connectivity index (χ0v) is 35.6. The third kappa shape index (κ3) is 5.17. The molecule has 0 N–H and O–H groups in total. The molecule has 4 nitrogen and oxygen atoms in total. The fourth-order valence-corrected chi connectivity index (χ4v) is 11.2. The Balaban J connectivity index is 1.14. The van der Waals surface area contributed by atoms with Gasteiger partial charge in [-0.25, -0.2) is 15.0 Å². The van der Waals surface area contributed by atoms with Gasteiger partial charge >= 0.3 is 0 Å². The van der Waals surface area contributed by atoms with E-state index in [1.807, 2.05) is 42.5 Å². The Kier molecular flexibility index (Phi) is 7.87. The molecule has 0 aliphatic heterocycles.